The Balaban J connectivity index is 0.00000243. The molecule has 0 spiro atoms. The van der Waals surface area contributed by atoms with Crippen molar-refractivity contribution in [1.82, 2.24) is 20.2 Å². The van der Waals surface area contributed by atoms with Crippen LogP contribution in [0.3, 0.4) is 0 Å². The molecule has 1 aliphatic rings. The van der Waals surface area contributed by atoms with Crippen LogP contribution >= 0.6 is 35.5 Å². The first-order valence-corrected chi connectivity index (χ1v) is 10.4. The molecule has 2 atom stereocenters. The fraction of sp³-hybridized carbons (Fsp3) is 0.588. The molecule has 9 heteroatoms. The van der Waals surface area contributed by atoms with E-state index in [-0.39, 0.29) is 29.1 Å². The van der Waals surface area contributed by atoms with E-state index in [0.29, 0.717) is 23.0 Å². The molecule has 3 heterocycles. The molecule has 2 aromatic rings. The number of rotatable bonds is 4. The molecule has 6 nitrogen and oxygen atoms in total. The molecule has 26 heavy (non-hydrogen) atoms. The molecule has 2 N–H and O–H groups in total. The van der Waals surface area contributed by atoms with Crippen LogP contribution in [0, 0.1) is 13.8 Å². The summed E-state index contributed by atoms with van der Waals surface area (Å²) in [6.45, 7) is 10.3. The van der Waals surface area contributed by atoms with Crippen LogP contribution < -0.4 is 10.9 Å². The highest BCUT2D eigenvalue weighted by Gasteiger charge is 2.25. The Kier molecular flexibility index (Phi) is 7.12. The molecule has 0 bridgehead atoms. The van der Waals surface area contributed by atoms with Crippen LogP contribution in [0.15, 0.2) is 4.79 Å². The second-order valence-corrected chi connectivity index (χ2v) is 9.10. The maximum absolute atomic E-state index is 12.6. The van der Waals surface area contributed by atoms with Gasteiger partial charge in [-0.1, -0.05) is 0 Å². The van der Waals surface area contributed by atoms with E-state index in [1.807, 2.05) is 25.7 Å². The molecule has 144 valence electrons. The first kappa shape index (κ1) is 21.2. The summed E-state index contributed by atoms with van der Waals surface area (Å²) in [6, 6.07) is 0.334. The molecular weight excluding hydrogens is 392 g/mol. The summed E-state index contributed by atoms with van der Waals surface area (Å²) >= 11 is 3.07. The molecule has 0 aromatic carbocycles. The lowest BCUT2D eigenvalue weighted by atomic mass is 10.2. The van der Waals surface area contributed by atoms with Crippen molar-refractivity contribution in [3.8, 4) is 0 Å². The minimum Gasteiger partial charge on any atom is -0.339 e. The van der Waals surface area contributed by atoms with Gasteiger partial charge in [-0.2, -0.15) is 0 Å². The zero-order chi connectivity index (χ0) is 18.1. The molecular formula is C17H25ClN4O2S2. The van der Waals surface area contributed by atoms with Crippen molar-refractivity contribution in [2.24, 2.45) is 0 Å². The fourth-order valence-electron chi connectivity index (χ4n) is 3.03. The van der Waals surface area contributed by atoms with Gasteiger partial charge in [0.15, 0.2) is 0 Å². The molecule has 0 aliphatic carbocycles. The summed E-state index contributed by atoms with van der Waals surface area (Å²) in [7, 11) is 0. The molecule has 2 unspecified atom stereocenters. The average molecular weight is 417 g/mol. The van der Waals surface area contributed by atoms with Crippen molar-refractivity contribution in [2.45, 2.75) is 44.7 Å². The molecule has 2 aromatic heterocycles. The van der Waals surface area contributed by atoms with Gasteiger partial charge in [-0.15, -0.1) is 35.5 Å². The SMILES string of the molecule is Cc1sc2nc(CSC(C)C(=O)N3CCNC(C)C3)[nH]c(=O)c2c1C.Cl. The van der Waals surface area contributed by atoms with E-state index >= 15 is 0 Å². The number of aromatic amines is 1. The number of thiophene rings is 1. The van der Waals surface area contributed by atoms with Gasteiger partial charge in [0, 0.05) is 30.6 Å². The lowest BCUT2D eigenvalue weighted by Gasteiger charge is -2.33. The van der Waals surface area contributed by atoms with E-state index in [4.69, 9.17) is 0 Å². The average Bonchev–Trinajstić information content (AvgIpc) is 2.86. The highest BCUT2D eigenvalue weighted by Crippen LogP contribution is 2.26. The largest absolute Gasteiger partial charge is 0.339 e. The van der Waals surface area contributed by atoms with Crippen molar-refractivity contribution in [2.75, 3.05) is 19.6 Å². The van der Waals surface area contributed by atoms with Crippen molar-refractivity contribution >= 4 is 51.6 Å². The number of nitrogens with zero attached hydrogens (tertiary/aromatic N) is 2. The number of hydrogen-bond acceptors (Lipinski definition) is 6. The first-order chi connectivity index (χ1) is 11.9. The quantitative estimate of drug-likeness (QED) is 0.800. The van der Waals surface area contributed by atoms with E-state index in [9.17, 15) is 9.59 Å². The molecule has 0 radical (unpaired) electrons. The van der Waals surface area contributed by atoms with Crippen molar-refractivity contribution < 1.29 is 4.79 Å². The molecule has 1 fully saturated rings. The summed E-state index contributed by atoms with van der Waals surface area (Å²) in [5.74, 6) is 1.32. The number of carbonyl (C=O) groups excluding carboxylic acids is 1. The van der Waals surface area contributed by atoms with E-state index < -0.39 is 0 Å². The van der Waals surface area contributed by atoms with Crippen molar-refractivity contribution in [3.63, 3.8) is 0 Å². The third-order valence-electron chi connectivity index (χ3n) is 4.59. The predicted octanol–water partition coefficient (Wildman–Crippen LogP) is 2.47. The lowest BCUT2D eigenvalue weighted by molar-refractivity contribution is -0.131. The Morgan fingerprint density at radius 2 is 2.19 bits per heavy atom. The second-order valence-electron chi connectivity index (χ2n) is 6.57. The minimum atomic E-state index is -0.155. The van der Waals surface area contributed by atoms with E-state index in [0.717, 1.165) is 34.9 Å². The van der Waals surface area contributed by atoms with Gasteiger partial charge in [-0.05, 0) is 33.3 Å². The number of aromatic nitrogens is 2. The number of fused-ring (bicyclic) bond motifs is 1. The van der Waals surface area contributed by atoms with Crippen LogP contribution in [0.5, 0.6) is 0 Å². The third kappa shape index (κ3) is 4.42. The predicted molar refractivity (Wildman–Crippen MR) is 112 cm³/mol. The van der Waals surface area contributed by atoms with Crippen LogP contribution in [0.1, 0.15) is 30.1 Å². The van der Waals surface area contributed by atoms with Gasteiger partial charge >= 0.3 is 0 Å². The normalized spacial score (nSPS) is 18.6. The van der Waals surface area contributed by atoms with Crippen LogP contribution in [-0.2, 0) is 10.5 Å². The number of aryl methyl sites for hydroxylation is 2. The fourth-order valence-corrected chi connectivity index (χ4v) is 4.92. The smallest absolute Gasteiger partial charge is 0.259 e. The summed E-state index contributed by atoms with van der Waals surface area (Å²) in [4.78, 5) is 36.2. The number of thioether (sulfide) groups is 1. The molecule has 1 aliphatic heterocycles. The Morgan fingerprint density at radius 1 is 1.46 bits per heavy atom. The first-order valence-electron chi connectivity index (χ1n) is 8.49. The number of hydrogen-bond donors (Lipinski definition) is 2. The van der Waals surface area contributed by atoms with Crippen molar-refractivity contribution in [1.29, 1.82) is 0 Å². The van der Waals surface area contributed by atoms with Gasteiger partial charge < -0.3 is 15.2 Å². The van der Waals surface area contributed by atoms with E-state index in [1.165, 1.54) is 11.8 Å². The lowest BCUT2D eigenvalue weighted by Crippen LogP contribution is -2.53. The summed E-state index contributed by atoms with van der Waals surface area (Å²) in [6.07, 6.45) is 0. The van der Waals surface area contributed by atoms with Gasteiger partial charge in [0.1, 0.15) is 10.7 Å². The molecule has 0 saturated carbocycles. The minimum absolute atomic E-state index is 0. The van der Waals surface area contributed by atoms with Gasteiger partial charge in [0.2, 0.25) is 5.91 Å². The molecule has 1 saturated heterocycles. The standard InChI is InChI=1S/C17H24N4O2S2.ClH/c1-9-7-21(6-5-18-9)17(23)12(4)24-8-13-19-15(22)14-10(2)11(3)25-16(14)20-13;/h9,12,18H,5-8H2,1-4H3,(H,19,20,22);1H. The maximum atomic E-state index is 12.6. The van der Waals surface area contributed by atoms with Crippen molar-refractivity contribution in [3.05, 3.63) is 26.6 Å². The summed E-state index contributed by atoms with van der Waals surface area (Å²) in [5.41, 5.74) is 0.918. The van der Waals surface area contributed by atoms with Gasteiger partial charge in [0.05, 0.1) is 16.4 Å². The number of amides is 1. The van der Waals surface area contributed by atoms with Crippen LogP contribution in [0.25, 0.3) is 10.2 Å². The van der Waals surface area contributed by atoms with Gasteiger partial charge in [-0.3, -0.25) is 9.59 Å². The van der Waals surface area contributed by atoms with Gasteiger partial charge in [-0.25, -0.2) is 4.98 Å². The Bertz CT molecular complexity index is 851. The van der Waals surface area contributed by atoms with Crippen LogP contribution in [0.2, 0.25) is 0 Å². The van der Waals surface area contributed by atoms with E-state index in [2.05, 4.69) is 22.2 Å². The molecule has 1 amide bonds. The Hall–Kier alpha value is -1.09. The highest BCUT2D eigenvalue weighted by molar-refractivity contribution is 7.99. The monoisotopic (exact) mass is 416 g/mol. The third-order valence-corrected chi connectivity index (χ3v) is 6.83. The van der Waals surface area contributed by atoms with Gasteiger partial charge in [0.25, 0.3) is 5.56 Å². The summed E-state index contributed by atoms with van der Waals surface area (Å²) in [5, 5.41) is 3.88. The topological polar surface area (TPSA) is 78.1 Å². The van der Waals surface area contributed by atoms with Crippen LogP contribution in [-0.4, -0.2) is 51.7 Å². The number of carbonyl (C=O) groups is 1. The number of piperazine rings is 1. The number of H-pyrrole nitrogens is 1. The zero-order valence-corrected chi connectivity index (χ0v) is 17.9. The highest BCUT2D eigenvalue weighted by atomic mass is 35.5. The maximum Gasteiger partial charge on any atom is 0.259 e. The number of nitrogens with one attached hydrogen (secondary N) is 2. The molecule has 3 rings (SSSR count). The van der Waals surface area contributed by atoms with E-state index in [1.54, 1.807) is 11.3 Å². The Labute approximate surface area is 167 Å². The Morgan fingerprint density at radius 3 is 2.88 bits per heavy atom. The number of halogens is 1. The second kappa shape index (κ2) is 8.73. The van der Waals surface area contributed by atoms with Crippen LogP contribution in [0.4, 0.5) is 0 Å². The zero-order valence-electron chi connectivity index (χ0n) is 15.4. The summed E-state index contributed by atoms with van der Waals surface area (Å²) < 4.78 is 0.